The Kier molecular flexibility index (Phi) is 7.42. The molecule has 2 aromatic rings. The van der Waals surface area contributed by atoms with Gasteiger partial charge in [0.05, 0.1) is 13.2 Å². The van der Waals surface area contributed by atoms with E-state index in [0.717, 1.165) is 55.3 Å². The molecule has 1 atom stereocenters. The fraction of sp³-hybridized carbons (Fsp3) is 0.409. The van der Waals surface area contributed by atoms with Crippen LogP contribution in [0.1, 0.15) is 22.7 Å². The number of aryl methyl sites for hydroxylation is 1. The van der Waals surface area contributed by atoms with Crippen molar-refractivity contribution in [3.05, 3.63) is 65.2 Å². The lowest BCUT2D eigenvalue weighted by molar-refractivity contribution is -0.122. The smallest absolute Gasteiger partial charge is 0.241 e. The molecule has 0 bridgehead atoms. The van der Waals surface area contributed by atoms with Crippen molar-refractivity contribution in [2.24, 2.45) is 5.73 Å². The predicted molar refractivity (Wildman–Crippen MR) is 109 cm³/mol. The summed E-state index contributed by atoms with van der Waals surface area (Å²) in [5.41, 5.74) is 9.00. The Bertz CT molecular complexity index is 758. The molecule has 1 heterocycles. The van der Waals surface area contributed by atoms with Gasteiger partial charge >= 0.3 is 0 Å². The number of nitrogens with one attached hydrogen (secondary N) is 1. The van der Waals surface area contributed by atoms with Crippen LogP contribution in [0.15, 0.2) is 48.5 Å². The molecule has 28 heavy (non-hydrogen) atoms. The summed E-state index contributed by atoms with van der Waals surface area (Å²) in [6, 6.07) is 14.8. The first-order valence-corrected chi connectivity index (χ1v) is 9.73. The van der Waals surface area contributed by atoms with E-state index in [2.05, 4.69) is 10.2 Å². The highest BCUT2D eigenvalue weighted by molar-refractivity contribution is 5.82. The van der Waals surface area contributed by atoms with Crippen LogP contribution in [0.5, 0.6) is 5.75 Å². The lowest BCUT2D eigenvalue weighted by atomic mass is 10.1. The lowest BCUT2D eigenvalue weighted by Crippen LogP contribution is -2.38. The zero-order valence-electron chi connectivity index (χ0n) is 16.4. The molecule has 3 rings (SSSR count). The van der Waals surface area contributed by atoms with E-state index in [1.54, 1.807) is 0 Å². The fourth-order valence-electron chi connectivity index (χ4n) is 3.09. The van der Waals surface area contributed by atoms with E-state index in [-0.39, 0.29) is 5.91 Å². The molecule has 0 aliphatic carbocycles. The Hall–Kier alpha value is -2.41. The van der Waals surface area contributed by atoms with Crippen LogP contribution in [0.3, 0.4) is 0 Å². The summed E-state index contributed by atoms with van der Waals surface area (Å²) in [4.78, 5) is 14.7. The normalized spacial score (nSPS) is 15.8. The number of hydrogen-bond acceptors (Lipinski definition) is 5. The van der Waals surface area contributed by atoms with Crippen molar-refractivity contribution in [1.29, 1.82) is 0 Å². The van der Waals surface area contributed by atoms with Crippen molar-refractivity contribution < 1.29 is 14.3 Å². The predicted octanol–water partition coefficient (Wildman–Crippen LogP) is 2.02. The number of rotatable bonds is 8. The molecular formula is C22H29N3O3. The van der Waals surface area contributed by atoms with Crippen molar-refractivity contribution in [2.75, 3.05) is 39.5 Å². The topological polar surface area (TPSA) is 76.8 Å². The van der Waals surface area contributed by atoms with Gasteiger partial charge in [-0.15, -0.1) is 0 Å². The highest BCUT2D eigenvalue weighted by Crippen LogP contribution is 2.15. The average Bonchev–Trinajstić information content (AvgIpc) is 2.73. The fourth-order valence-corrected chi connectivity index (χ4v) is 3.09. The average molecular weight is 383 g/mol. The minimum atomic E-state index is -0.673. The van der Waals surface area contributed by atoms with Crippen LogP contribution >= 0.6 is 0 Å². The molecule has 1 saturated heterocycles. The van der Waals surface area contributed by atoms with Gasteiger partial charge in [-0.3, -0.25) is 9.69 Å². The monoisotopic (exact) mass is 383 g/mol. The molecule has 6 heteroatoms. The zero-order chi connectivity index (χ0) is 19.8. The quantitative estimate of drug-likeness (QED) is 0.729. The van der Waals surface area contributed by atoms with Gasteiger partial charge in [0.15, 0.2) is 0 Å². The van der Waals surface area contributed by atoms with Crippen LogP contribution in [-0.2, 0) is 16.1 Å². The second-order valence-electron chi connectivity index (χ2n) is 7.06. The maximum Gasteiger partial charge on any atom is 0.241 e. The van der Waals surface area contributed by atoms with Crippen molar-refractivity contribution in [2.45, 2.75) is 19.5 Å². The van der Waals surface area contributed by atoms with Crippen molar-refractivity contribution in [3.63, 3.8) is 0 Å². The van der Waals surface area contributed by atoms with E-state index in [1.807, 2.05) is 55.5 Å². The largest absolute Gasteiger partial charge is 0.492 e. The van der Waals surface area contributed by atoms with E-state index in [0.29, 0.717) is 13.2 Å². The lowest BCUT2D eigenvalue weighted by Gasteiger charge is -2.26. The third-order valence-electron chi connectivity index (χ3n) is 4.86. The molecule has 150 valence electrons. The Morgan fingerprint density at radius 2 is 1.96 bits per heavy atom. The summed E-state index contributed by atoms with van der Waals surface area (Å²) in [6.07, 6.45) is 0. The number of nitrogens with zero attached hydrogens (tertiary/aromatic N) is 1. The highest BCUT2D eigenvalue weighted by Gasteiger charge is 2.15. The first kappa shape index (κ1) is 20.3. The number of ether oxygens (including phenoxy) is 2. The van der Waals surface area contributed by atoms with Gasteiger partial charge in [-0.1, -0.05) is 42.0 Å². The Morgan fingerprint density at radius 3 is 2.71 bits per heavy atom. The Labute approximate surface area is 166 Å². The van der Waals surface area contributed by atoms with Crippen molar-refractivity contribution in [1.82, 2.24) is 10.2 Å². The zero-order valence-corrected chi connectivity index (χ0v) is 16.4. The summed E-state index contributed by atoms with van der Waals surface area (Å²) in [5.74, 6) is 0.616. The van der Waals surface area contributed by atoms with E-state index in [9.17, 15) is 4.79 Å². The first-order chi connectivity index (χ1) is 13.6. The van der Waals surface area contributed by atoms with Crippen LogP contribution < -0.4 is 15.8 Å². The van der Waals surface area contributed by atoms with Crippen LogP contribution in [-0.4, -0.2) is 50.3 Å². The number of morpholine rings is 1. The van der Waals surface area contributed by atoms with Crippen LogP contribution in [0.4, 0.5) is 0 Å². The molecular weight excluding hydrogens is 354 g/mol. The number of carbonyl (C=O) groups excluding carboxylic acids is 1. The van der Waals surface area contributed by atoms with E-state index < -0.39 is 6.04 Å². The van der Waals surface area contributed by atoms with Crippen LogP contribution in [0, 0.1) is 6.92 Å². The summed E-state index contributed by atoms with van der Waals surface area (Å²) in [7, 11) is 0. The molecule has 1 unspecified atom stereocenters. The van der Waals surface area contributed by atoms with Gasteiger partial charge in [0.2, 0.25) is 5.91 Å². The van der Waals surface area contributed by atoms with Gasteiger partial charge < -0.3 is 20.5 Å². The second-order valence-corrected chi connectivity index (χ2v) is 7.06. The molecule has 3 N–H and O–H groups in total. The van der Waals surface area contributed by atoms with Gasteiger partial charge in [0.1, 0.15) is 18.4 Å². The van der Waals surface area contributed by atoms with Crippen LogP contribution in [0.25, 0.3) is 0 Å². The molecule has 1 aliphatic rings. The SMILES string of the molecule is Cc1ccc(C(N)C(=O)NCc2cccc(OCCN3CCOCC3)c2)cc1. The van der Waals surface area contributed by atoms with Crippen LogP contribution in [0.2, 0.25) is 0 Å². The standard InChI is InChI=1S/C22H29N3O3/c1-17-5-7-19(8-6-17)21(23)22(26)24-16-18-3-2-4-20(15-18)28-14-11-25-9-12-27-13-10-25/h2-8,15,21H,9-14,16,23H2,1H3,(H,24,26). The molecule has 1 fully saturated rings. The first-order valence-electron chi connectivity index (χ1n) is 9.73. The molecule has 1 amide bonds. The number of nitrogens with two attached hydrogens (primary N) is 1. The molecule has 2 aromatic carbocycles. The summed E-state index contributed by atoms with van der Waals surface area (Å²) < 4.78 is 11.2. The molecule has 6 nitrogen and oxygen atoms in total. The summed E-state index contributed by atoms with van der Waals surface area (Å²) >= 11 is 0. The van der Waals surface area contributed by atoms with Gasteiger partial charge in [-0.25, -0.2) is 0 Å². The molecule has 0 saturated carbocycles. The summed E-state index contributed by atoms with van der Waals surface area (Å²) in [6.45, 7) is 7.43. The van der Waals surface area contributed by atoms with E-state index >= 15 is 0 Å². The third-order valence-corrected chi connectivity index (χ3v) is 4.86. The number of carbonyl (C=O) groups is 1. The molecule has 0 spiro atoms. The minimum absolute atomic E-state index is 0.192. The highest BCUT2D eigenvalue weighted by atomic mass is 16.5. The second kappa shape index (κ2) is 10.2. The number of amides is 1. The Morgan fingerprint density at radius 1 is 1.21 bits per heavy atom. The van der Waals surface area contributed by atoms with Gasteiger partial charge in [0, 0.05) is 26.2 Å². The molecule has 1 aliphatic heterocycles. The maximum atomic E-state index is 12.4. The van der Waals surface area contributed by atoms with Gasteiger partial charge in [-0.05, 0) is 30.2 Å². The number of benzene rings is 2. The van der Waals surface area contributed by atoms with Gasteiger partial charge in [0.25, 0.3) is 0 Å². The summed E-state index contributed by atoms with van der Waals surface area (Å²) in [5, 5.41) is 2.91. The van der Waals surface area contributed by atoms with E-state index in [4.69, 9.17) is 15.2 Å². The maximum absolute atomic E-state index is 12.4. The van der Waals surface area contributed by atoms with E-state index in [1.165, 1.54) is 0 Å². The third kappa shape index (κ3) is 6.05. The minimum Gasteiger partial charge on any atom is -0.492 e. The van der Waals surface area contributed by atoms with Gasteiger partial charge in [-0.2, -0.15) is 0 Å². The molecule has 0 aromatic heterocycles. The molecule has 0 radical (unpaired) electrons. The Balaban J connectivity index is 1.45. The number of hydrogen-bond donors (Lipinski definition) is 2. The van der Waals surface area contributed by atoms with Crippen molar-refractivity contribution in [3.8, 4) is 5.75 Å². The van der Waals surface area contributed by atoms with Crippen molar-refractivity contribution >= 4 is 5.91 Å².